The lowest BCUT2D eigenvalue weighted by atomic mass is 10.1. The van der Waals surface area contributed by atoms with Crippen molar-refractivity contribution >= 4 is 28.7 Å². The van der Waals surface area contributed by atoms with Gasteiger partial charge in [-0.1, -0.05) is 0 Å². The van der Waals surface area contributed by atoms with Gasteiger partial charge in [0.2, 0.25) is 0 Å². The van der Waals surface area contributed by atoms with Gasteiger partial charge in [-0.15, -0.1) is 12.3 Å². The first-order valence-corrected chi connectivity index (χ1v) is 7.88. The molecular formula is C15H22IN3O2. The van der Waals surface area contributed by atoms with E-state index in [2.05, 4.69) is 38.5 Å². The lowest BCUT2D eigenvalue weighted by Gasteiger charge is -2.31. The fourth-order valence-corrected chi connectivity index (χ4v) is 2.15. The van der Waals surface area contributed by atoms with Crippen LogP contribution in [0.5, 0.6) is 0 Å². The van der Waals surface area contributed by atoms with Crippen LogP contribution < -0.4 is 0 Å². The summed E-state index contributed by atoms with van der Waals surface area (Å²) in [4.78, 5) is 21.5. The number of H-pyrrole nitrogens is 1. The van der Waals surface area contributed by atoms with Crippen LogP contribution in [0.3, 0.4) is 0 Å². The van der Waals surface area contributed by atoms with Crippen molar-refractivity contribution in [2.75, 3.05) is 6.54 Å². The Kier molecular flexibility index (Phi) is 6.08. The summed E-state index contributed by atoms with van der Waals surface area (Å²) in [6, 6.07) is -0.237. The summed E-state index contributed by atoms with van der Waals surface area (Å²) in [6.45, 7) is 9.75. The standard InChI is InChI=1S/C15H22IN3O2/c1-7-10(2)9-19(14(20)21-15(4,5)6)11(3)13-17-8-12(16)18-13/h1,8,10-11H,9H2,2-6H3,(H,17,18)/t10-,11+/m1/s1. The molecule has 5 nitrogen and oxygen atoms in total. The Morgan fingerprint density at radius 1 is 1.57 bits per heavy atom. The molecule has 0 radical (unpaired) electrons. The van der Waals surface area contributed by atoms with Gasteiger partial charge in [0.25, 0.3) is 0 Å². The van der Waals surface area contributed by atoms with E-state index >= 15 is 0 Å². The summed E-state index contributed by atoms with van der Waals surface area (Å²) in [5.74, 6) is 3.30. The SMILES string of the molecule is C#C[C@@H](C)CN(C(=O)OC(C)(C)C)[C@@H](C)c1ncc(I)[nH]1. The maximum absolute atomic E-state index is 12.4. The number of imidazole rings is 1. The number of hydrogen-bond acceptors (Lipinski definition) is 3. The van der Waals surface area contributed by atoms with Crippen molar-refractivity contribution in [2.45, 2.75) is 46.3 Å². The lowest BCUT2D eigenvalue weighted by Crippen LogP contribution is -2.40. The Bertz CT molecular complexity index is 528. The molecule has 1 amide bonds. The largest absolute Gasteiger partial charge is 0.444 e. The van der Waals surface area contributed by atoms with Gasteiger partial charge in [0.15, 0.2) is 0 Å². The lowest BCUT2D eigenvalue weighted by molar-refractivity contribution is 0.0150. The molecule has 21 heavy (non-hydrogen) atoms. The molecule has 116 valence electrons. The monoisotopic (exact) mass is 403 g/mol. The molecule has 0 aliphatic carbocycles. The Morgan fingerprint density at radius 2 is 2.19 bits per heavy atom. The van der Waals surface area contributed by atoms with Crippen LogP contribution in [0.1, 0.15) is 46.5 Å². The van der Waals surface area contributed by atoms with Gasteiger partial charge in [0.1, 0.15) is 11.4 Å². The molecule has 1 heterocycles. The van der Waals surface area contributed by atoms with Gasteiger partial charge < -0.3 is 9.72 Å². The molecule has 0 bridgehead atoms. The van der Waals surface area contributed by atoms with Crippen molar-refractivity contribution in [2.24, 2.45) is 5.92 Å². The van der Waals surface area contributed by atoms with E-state index in [1.807, 2.05) is 34.6 Å². The van der Waals surface area contributed by atoms with Crippen LogP contribution in [-0.2, 0) is 4.74 Å². The number of halogens is 1. The number of carbonyl (C=O) groups excluding carboxylic acids is 1. The third kappa shape index (κ3) is 5.58. The van der Waals surface area contributed by atoms with Crippen LogP contribution in [0.25, 0.3) is 0 Å². The number of carbonyl (C=O) groups is 1. The van der Waals surface area contributed by atoms with Crippen molar-refractivity contribution in [3.63, 3.8) is 0 Å². The minimum atomic E-state index is -0.550. The predicted octanol–water partition coefficient (Wildman–Crippen LogP) is 3.58. The normalized spacial score (nSPS) is 14.1. The summed E-state index contributed by atoms with van der Waals surface area (Å²) in [7, 11) is 0. The Morgan fingerprint density at radius 3 is 2.62 bits per heavy atom. The van der Waals surface area contributed by atoms with Gasteiger partial charge in [0.05, 0.1) is 15.9 Å². The number of aromatic amines is 1. The van der Waals surface area contributed by atoms with E-state index in [4.69, 9.17) is 11.2 Å². The molecule has 1 rings (SSSR count). The molecule has 0 fully saturated rings. The molecule has 0 aromatic carbocycles. The zero-order valence-corrected chi connectivity index (χ0v) is 15.3. The number of terminal acetylenes is 1. The minimum Gasteiger partial charge on any atom is -0.444 e. The Labute approximate surface area is 140 Å². The van der Waals surface area contributed by atoms with E-state index in [0.717, 1.165) is 9.53 Å². The zero-order valence-electron chi connectivity index (χ0n) is 13.1. The second-order valence-corrected chi connectivity index (χ2v) is 7.15. The molecule has 0 saturated heterocycles. The van der Waals surface area contributed by atoms with E-state index in [9.17, 15) is 4.79 Å². The summed E-state index contributed by atoms with van der Waals surface area (Å²) < 4.78 is 6.39. The highest BCUT2D eigenvalue weighted by Crippen LogP contribution is 2.22. The number of hydrogen-bond donors (Lipinski definition) is 1. The number of rotatable bonds is 4. The van der Waals surface area contributed by atoms with Crippen LogP contribution in [0.2, 0.25) is 0 Å². The average Bonchev–Trinajstić information content (AvgIpc) is 2.79. The van der Waals surface area contributed by atoms with Gasteiger partial charge in [0, 0.05) is 12.5 Å². The molecule has 0 aliphatic rings. The molecular weight excluding hydrogens is 381 g/mol. The molecule has 0 saturated carbocycles. The van der Waals surface area contributed by atoms with E-state index in [1.54, 1.807) is 11.1 Å². The zero-order chi connectivity index (χ0) is 16.2. The first-order chi connectivity index (χ1) is 9.64. The third-order valence-corrected chi connectivity index (χ3v) is 3.36. The highest BCUT2D eigenvalue weighted by atomic mass is 127. The van der Waals surface area contributed by atoms with Crippen LogP contribution in [0.4, 0.5) is 4.79 Å². The number of ether oxygens (including phenoxy) is 1. The van der Waals surface area contributed by atoms with Crippen LogP contribution in [0.15, 0.2) is 6.20 Å². The molecule has 0 unspecified atom stereocenters. The third-order valence-electron chi connectivity index (χ3n) is 2.81. The summed E-state index contributed by atoms with van der Waals surface area (Å²) >= 11 is 2.14. The molecule has 0 aliphatic heterocycles. The molecule has 2 atom stereocenters. The van der Waals surface area contributed by atoms with Crippen molar-refractivity contribution in [1.29, 1.82) is 0 Å². The van der Waals surface area contributed by atoms with Gasteiger partial charge in [-0.3, -0.25) is 4.90 Å². The minimum absolute atomic E-state index is 0.0611. The molecule has 0 spiro atoms. The first kappa shape index (κ1) is 17.8. The average molecular weight is 403 g/mol. The van der Waals surface area contributed by atoms with Gasteiger partial charge >= 0.3 is 6.09 Å². The Balaban J connectivity index is 2.96. The summed E-state index contributed by atoms with van der Waals surface area (Å²) in [5.41, 5.74) is -0.550. The Hall–Kier alpha value is -1.23. The van der Waals surface area contributed by atoms with Crippen LogP contribution in [-0.4, -0.2) is 33.1 Å². The molecule has 1 aromatic rings. The summed E-state index contributed by atoms with van der Waals surface area (Å²) in [6.07, 6.45) is 6.78. The smallest absolute Gasteiger partial charge is 0.410 e. The quantitative estimate of drug-likeness (QED) is 0.618. The van der Waals surface area contributed by atoms with E-state index < -0.39 is 5.60 Å². The highest BCUT2D eigenvalue weighted by Gasteiger charge is 2.29. The number of nitrogens with zero attached hydrogens (tertiary/aromatic N) is 2. The van der Waals surface area contributed by atoms with Crippen molar-refractivity contribution < 1.29 is 9.53 Å². The number of amides is 1. The van der Waals surface area contributed by atoms with Gasteiger partial charge in [-0.2, -0.15) is 0 Å². The number of aromatic nitrogens is 2. The van der Waals surface area contributed by atoms with Gasteiger partial charge in [-0.05, 0) is 57.2 Å². The first-order valence-electron chi connectivity index (χ1n) is 6.80. The number of nitrogens with one attached hydrogen (secondary N) is 1. The van der Waals surface area contributed by atoms with Gasteiger partial charge in [-0.25, -0.2) is 9.78 Å². The van der Waals surface area contributed by atoms with E-state index in [1.165, 1.54) is 0 Å². The van der Waals surface area contributed by atoms with E-state index in [0.29, 0.717) is 6.54 Å². The fourth-order valence-electron chi connectivity index (χ4n) is 1.73. The topological polar surface area (TPSA) is 58.2 Å². The molecule has 6 heteroatoms. The highest BCUT2D eigenvalue weighted by molar-refractivity contribution is 14.1. The van der Waals surface area contributed by atoms with E-state index in [-0.39, 0.29) is 18.1 Å². The summed E-state index contributed by atoms with van der Waals surface area (Å²) in [5, 5.41) is 0. The maximum atomic E-state index is 12.4. The molecule has 1 aromatic heterocycles. The predicted molar refractivity (Wildman–Crippen MR) is 90.7 cm³/mol. The van der Waals surface area contributed by atoms with Crippen LogP contribution in [0, 0.1) is 22.0 Å². The van der Waals surface area contributed by atoms with Crippen molar-refractivity contribution in [3.05, 3.63) is 15.7 Å². The maximum Gasteiger partial charge on any atom is 0.410 e. The van der Waals surface area contributed by atoms with Crippen molar-refractivity contribution in [1.82, 2.24) is 14.9 Å². The van der Waals surface area contributed by atoms with Crippen molar-refractivity contribution in [3.8, 4) is 12.3 Å². The second-order valence-electron chi connectivity index (χ2n) is 5.99. The second kappa shape index (κ2) is 7.16. The molecule has 1 N–H and O–H groups in total. The van der Waals surface area contributed by atoms with Crippen LogP contribution >= 0.6 is 22.6 Å². The fraction of sp³-hybridized carbons (Fsp3) is 0.600.